The van der Waals surface area contributed by atoms with Crippen LogP contribution in [0.1, 0.15) is 84.5 Å². The average molecular weight is 272 g/mol. The van der Waals surface area contributed by atoms with Crippen molar-refractivity contribution >= 4 is 5.97 Å². The summed E-state index contributed by atoms with van der Waals surface area (Å²) in [5.74, 6) is -1.54. The van der Waals surface area contributed by atoms with E-state index in [9.17, 15) is 9.90 Å². The molecule has 0 spiro atoms. The van der Waals surface area contributed by atoms with Crippen LogP contribution in [0.25, 0.3) is 0 Å². The first kappa shape index (κ1) is 18.4. The number of carbonyl (C=O) groups is 1. The zero-order valence-electron chi connectivity index (χ0n) is 12.7. The smallest absolute Gasteiger partial charge is 0.308 e. The molecule has 3 heteroatoms. The minimum atomic E-state index is -0.903. The van der Waals surface area contributed by atoms with E-state index in [0.717, 1.165) is 12.8 Å². The van der Waals surface area contributed by atoms with Gasteiger partial charge in [-0.25, -0.2) is 0 Å². The van der Waals surface area contributed by atoms with Crippen LogP contribution in [0.3, 0.4) is 0 Å². The third-order valence-corrected chi connectivity index (χ3v) is 3.82. The zero-order chi connectivity index (χ0) is 14.5. The van der Waals surface area contributed by atoms with E-state index in [2.05, 4.69) is 6.92 Å². The zero-order valence-corrected chi connectivity index (χ0v) is 12.7. The third-order valence-electron chi connectivity index (χ3n) is 3.82. The summed E-state index contributed by atoms with van der Waals surface area (Å²) in [7, 11) is 0. The number of unbranched alkanes of at least 4 members (excludes halogenated alkanes) is 9. The van der Waals surface area contributed by atoms with E-state index in [0.29, 0.717) is 6.42 Å². The first-order valence-corrected chi connectivity index (χ1v) is 8.00. The van der Waals surface area contributed by atoms with Crippen LogP contribution in [0.2, 0.25) is 0 Å². The Kier molecular flexibility index (Phi) is 12.1. The fourth-order valence-corrected chi connectivity index (χ4v) is 2.26. The maximum Gasteiger partial charge on any atom is 0.308 e. The molecule has 0 aliphatic heterocycles. The molecule has 19 heavy (non-hydrogen) atoms. The molecule has 3 nitrogen and oxygen atoms in total. The van der Waals surface area contributed by atoms with Gasteiger partial charge in [0, 0.05) is 0 Å². The Hall–Kier alpha value is -0.570. The monoisotopic (exact) mass is 272 g/mol. The van der Waals surface area contributed by atoms with Crippen molar-refractivity contribution in [3.8, 4) is 0 Å². The van der Waals surface area contributed by atoms with Gasteiger partial charge in [-0.3, -0.25) is 4.79 Å². The van der Waals surface area contributed by atoms with E-state index in [1.807, 2.05) is 0 Å². The number of carboxylic acids is 1. The lowest BCUT2D eigenvalue weighted by Gasteiger charge is -2.14. The van der Waals surface area contributed by atoms with E-state index in [-0.39, 0.29) is 0 Å². The molecule has 0 aliphatic carbocycles. The standard InChI is InChI=1S/C16H32O3/c1-3-4-5-6-7-8-9-10-11-12-13-15(17)14(2)16(18)19/h14-15,17H,3-13H2,1-2H3,(H,18,19). The van der Waals surface area contributed by atoms with Crippen LogP contribution in [0.4, 0.5) is 0 Å². The fourth-order valence-electron chi connectivity index (χ4n) is 2.26. The van der Waals surface area contributed by atoms with Crippen molar-refractivity contribution in [2.24, 2.45) is 5.92 Å². The SMILES string of the molecule is CCCCCCCCCCCCC(O)C(C)C(=O)O. The molecule has 114 valence electrons. The van der Waals surface area contributed by atoms with Crippen LogP contribution in [0.5, 0.6) is 0 Å². The van der Waals surface area contributed by atoms with Gasteiger partial charge < -0.3 is 10.2 Å². The van der Waals surface area contributed by atoms with E-state index in [1.54, 1.807) is 6.92 Å². The van der Waals surface area contributed by atoms with Gasteiger partial charge in [-0.1, -0.05) is 71.1 Å². The van der Waals surface area contributed by atoms with Gasteiger partial charge >= 0.3 is 5.97 Å². The van der Waals surface area contributed by atoms with Crippen LogP contribution in [-0.4, -0.2) is 22.3 Å². The molecular formula is C16H32O3. The molecule has 0 saturated carbocycles. The topological polar surface area (TPSA) is 57.5 Å². The first-order valence-electron chi connectivity index (χ1n) is 8.00. The molecule has 0 heterocycles. The second kappa shape index (κ2) is 12.5. The number of aliphatic carboxylic acids is 1. The Bertz CT molecular complexity index is 216. The van der Waals surface area contributed by atoms with Crippen molar-refractivity contribution in [1.82, 2.24) is 0 Å². The van der Waals surface area contributed by atoms with Gasteiger partial charge in [0.15, 0.2) is 0 Å². The average Bonchev–Trinajstić information content (AvgIpc) is 2.39. The molecule has 0 aromatic carbocycles. The summed E-state index contributed by atoms with van der Waals surface area (Å²) in [5.41, 5.74) is 0. The Labute approximate surface area is 118 Å². The predicted octanol–water partition coefficient (Wildman–Crippen LogP) is 4.38. The number of hydrogen-bond donors (Lipinski definition) is 2. The summed E-state index contributed by atoms with van der Waals surface area (Å²) in [6.45, 7) is 3.81. The van der Waals surface area contributed by atoms with Crippen molar-refractivity contribution in [2.45, 2.75) is 90.6 Å². The largest absolute Gasteiger partial charge is 0.481 e. The molecule has 0 fully saturated rings. The quantitative estimate of drug-likeness (QED) is 0.489. The Morgan fingerprint density at radius 3 is 1.74 bits per heavy atom. The number of carboxylic acid groups (broad SMARTS) is 1. The molecule has 0 amide bonds. The van der Waals surface area contributed by atoms with Crippen LogP contribution in [0, 0.1) is 5.92 Å². The summed E-state index contributed by atoms with van der Waals surface area (Å²) in [6.07, 6.45) is 12.5. The van der Waals surface area contributed by atoms with Crippen LogP contribution in [0.15, 0.2) is 0 Å². The van der Waals surface area contributed by atoms with Gasteiger partial charge in [-0.05, 0) is 13.3 Å². The van der Waals surface area contributed by atoms with Crippen molar-refractivity contribution in [1.29, 1.82) is 0 Å². The lowest BCUT2D eigenvalue weighted by molar-refractivity contribution is -0.144. The van der Waals surface area contributed by atoms with Gasteiger partial charge in [-0.2, -0.15) is 0 Å². The Morgan fingerprint density at radius 2 is 1.32 bits per heavy atom. The van der Waals surface area contributed by atoms with Gasteiger partial charge in [-0.15, -0.1) is 0 Å². The summed E-state index contributed by atoms with van der Waals surface area (Å²) < 4.78 is 0. The van der Waals surface area contributed by atoms with Gasteiger partial charge in [0.2, 0.25) is 0 Å². The molecule has 0 aliphatic rings. The lowest BCUT2D eigenvalue weighted by atomic mass is 9.98. The molecule has 2 N–H and O–H groups in total. The van der Waals surface area contributed by atoms with E-state index >= 15 is 0 Å². The number of aliphatic hydroxyl groups excluding tert-OH is 1. The van der Waals surface area contributed by atoms with Gasteiger partial charge in [0.1, 0.15) is 0 Å². The van der Waals surface area contributed by atoms with Crippen molar-refractivity contribution in [2.75, 3.05) is 0 Å². The highest BCUT2D eigenvalue weighted by atomic mass is 16.4. The van der Waals surface area contributed by atoms with Crippen molar-refractivity contribution in [3.05, 3.63) is 0 Å². The molecule has 0 rings (SSSR count). The van der Waals surface area contributed by atoms with Crippen LogP contribution >= 0.6 is 0 Å². The normalized spacial score (nSPS) is 14.3. The van der Waals surface area contributed by atoms with Crippen LogP contribution < -0.4 is 0 Å². The highest BCUT2D eigenvalue weighted by Gasteiger charge is 2.20. The highest BCUT2D eigenvalue weighted by Crippen LogP contribution is 2.14. The number of aliphatic hydroxyl groups is 1. The molecular weight excluding hydrogens is 240 g/mol. The summed E-state index contributed by atoms with van der Waals surface area (Å²) in [4.78, 5) is 10.7. The second-order valence-corrected chi connectivity index (χ2v) is 5.66. The predicted molar refractivity (Wildman–Crippen MR) is 79.3 cm³/mol. The van der Waals surface area contributed by atoms with E-state index < -0.39 is 18.0 Å². The minimum absolute atomic E-state index is 0.615. The molecule has 0 aromatic heterocycles. The Morgan fingerprint density at radius 1 is 0.895 bits per heavy atom. The van der Waals surface area contributed by atoms with Crippen molar-refractivity contribution in [3.63, 3.8) is 0 Å². The maximum absolute atomic E-state index is 10.7. The molecule has 0 bridgehead atoms. The van der Waals surface area contributed by atoms with E-state index in [4.69, 9.17) is 5.11 Å². The molecule has 2 atom stereocenters. The van der Waals surface area contributed by atoms with E-state index in [1.165, 1.54) is 51.4 Å². The maximum atomic E-state index is 10.7. The summed E-state index contributed by atoms with van der Waals surface area (Å²) >= 11 is 0. The molecule has 0 radical (unpaired) electrons. The third kappa shape index (κ3) is 11.0. The molecule has 0 saturated heterocycles. The highest BCUT2D eigenvalue weighted by molar-refractivity contribution is 5.70. The summed E-state index contributed by atoms with van der Waals surface area (Å²) in [5, 5.41) is 18.4. The summed E-state index contributed by atoms with van der Waals surface area (Å²) in [6, 6.07) is 0. The minimum Gasteiger partial charge on any atom is -0.481 e. The fraction of sp³-hybridized carbons (Fsp3) is 0.938. The van der Waals surface area contributed by atoms with Gasteiger partial charge in [0.25, 0.3) is 0 Å². The van der Waals surface area contributed by atoms with Gasteiger partial charge in [0.05, 0.1) is 12.0 Å². The number of hydrogen-bond acceptors (Lipinski definition) is 2. The molecule has 0 aromatic rings. The second-order valence-electron chi connectivity index (χ2n) is 5.66. The van der Waals surface area contributed by atoms with Crippen molar-refractivity contribution < 1.29 is 15.0 Å². The molecule has 2 unspecified atom stereocenters. The lowest BCUT2D eigenvalue weighted by Crippen LogP contribution is -2.25. The number of rotatable bonds is 13. The van der Waals surface area contributed by atoms with Crippen LogP contribution in [-0.2, 0) is 4.79 Å². The first-order chi connectivity index (χ1) is 9.09. The Balaban J connectivity index is 3.25.